The molecular weight excluding hydrogens is 212 g/mol. The van der Waals surface area contributed by atoms with E-state index < -0.39 is 0 Å². The van der Waals surface area contributed by atoms with E-state index in [1.54, 1.807) is 0 Å². The number of rotatable bonds is 6. The van der Waals surface area contributed by atoms with E-state index in [4.69, 9.17) is 0 Å². The summed E-state index contributed by atoms with van der Waals surface area (Å²) in [4.78, 5) is 11.4. The van der Waals surface area contributed by atoms with Crippen LogP contribution in [0.5, 0.6) is 0 Å². The summed E-state index contributed by atoms with van der Waals surface area (Å²) in [5.41, 5.74) is 0. The molecule has 17 heavy (non-hydrogen) atoms. The van der Waals surface area contributed by atoms with Gasteiger partial charge >= 0.3 is 0 Å². The first-order chi connectivity index (χ1) is 8.24. The van der Waals surface area contributed by atoms with E-state index >= 15 is 0 Å². The van der Waals surface area contributed by atoms with Gasteiger partial charge in [0.25, 0.3) is 0 Å². The minimum atomic E-state index is 0.709. The molecule has 0 unspecified atom stereocenters. The van der Waals surface area contributed by atoms with Crippen molar-refractivity contribution in [3.05, 3.63) is 11.9 Å². The van der Waals surface area contributed by atoms with Crippen LogP contribution in [-0.4, -0.2) is 29.6 Å². The zero-order chi connectivity index (χ0) is 12.3. The SMILES string of the molecule is CCCCN(c1cc(NC)nc(C)n1)C1CC1. The summed E-state index contributed by atoms with van der Waals surface area (Å²) >= 11 is 0. The summed E-state index contributed by atoms with van der Waals surface area (Å²) in [6, 6.07) is 2.77. The number of nitrogens with zero attached hydrogens (tertiary/aromatic N) is 3. The summed E-state index contributed by atoms with van der Waals surface area (Å²) in [6.45, 7) is 5.30. The van der Waals surface area contributed by atoms with Gasteiger partial charge in [0.1, 0.15) is 17.5 Å². The zero-order valence-corrected chi connectivity index (χ0v) is 11.0. The van der Waals surface area contributed by atoms with Crippen molar-refractivity contribution in [1.82, 2.24) is 9.97 Å². The van der Waals surface area contributed by atoms with Gasteiger partial charge in [0, 0.05) is 25.7 Å². The van der Waals surface area contributed by atoms with E-state index in [0.717, 1.165) is 24.0 Å². The number of aryl methyl sites for hydroxylation is 1. The molecule has 1 N–H and O–H groups in total. The first-order valence-electron chi connectivity index (χ1n) is 6.54. The molecule has 0 aliphatic heterocycles. The largest absolute Gasteiger partial charge is 0.373 e. The Bertz CT molecular complexity index is 374. The maximum atomic E-state index is 4.57. The third kappa shape index (κ3) is 3.08. The molecule has 4 nitrogen and oxygen atoms in total. The fraction of sp³-hybridized carbons (Fsp3) is 0.692. The minimum Gasteiger partial charge on any atom is -0.373 e. The van der Waals surface area contributed by atoms with Crippen molar-refractivity contribution in [1.29, 1.82) is 0 Å². The van der Waals surface area contributed by atoms with Crippen molar-refractivity contribution in [3.8, 4) is 0 Å². The Morgan fingerprint density at radius 2 is 2.18 bits per heavy atom. The monoisotopic (exact) mass is 234 g/mol. The third-order valence-electron chi connectivity index (χ3n) is 3.12. The highest BCUT2D eigenvalue weighted by molar-refractivity contribution is 5.50. The van der Waals surface area contributed by atoms with Crippen LogP contribution in [0.25, 0.3) is 0 Å². The van der Waals surface area contributed by atoms with Crippen LogP contribution in [0, 0.1) is 6.92 Å². The highest BCUT2D eigenvalue weighted by Crippen LogP contribution is 2.31. The van der Waals surface area contributed by atoms with Gasteiger partial charge in [-0.3, -0.25) is 0 Å². The summed E-state index contributed by atoms with van der Waals surface area (Å²) in [6.07, 6.45) is 5.07. The van der Waals surface area contributed by atoms with Crippen LogP contribution >= 0.6 is 0 Å². The smallest absolute Gasteiger partial charge is 0.134 e. The van der Waals surface area contributed by atoms with Crippen molar-refractivity contribution < 1.29 is 0 Å². The average molecular weight is 234 g/mol. The van der Waals surface area contributed by atoms with Crippen LogP contribution < -0.4 is 10.2 Å². The maximum absolute atomic E-state index is 4.57. The molecule has 1 aromatic heterocycles. The lowest BCUT2D eigenvalue weighted by Gasteiger charge is -2.24. The average Bonchev–Trinajstić information content (AvgIpc) is 3.13. The van der Waals surface area contributed by atoms with Crippen LogP contribution in [0.2, 0.25) is 0 Å². The van der Waals surface area contributed by atoms with Crippen LogP contribution in [0.3, 0.4) is 0 Å². The molecule has 2 rings (SSSR count). The van der Waals surface area contributed by atoms with Crippen molar-refractivity contribution in [2.75, 3.05) is 23.8 Å². The number of hydrogen-bond donors (Lipinski definition) is 1. The van der Waals surface area contributed by atoms with Crippen LogP contribution in [-0.2, 0) is 0 Å². The maximum Gasteiger partial charge on any atom is 0.134 e. The summed E-state index contributed by atoms with van der Waals surface area (Å²) in [5, 5.41) is 3.10. The molecule has 1 aromatic rings. The molecule has 1 aliphatic carbocycles. The predicted molar refractivity (Wildman–Crippen MR) is 71.6 cm³/mol. The van der Waals surface area contributed by atoms with Gasteiger partial charge in [-0.1, -0.05) is 13.3 Å². The van der Waals surface area contributed by atoms with Gasteiger partial charge in [-0.15, -0.1) is 0 Å². The van der Waals surface area contributed by atoms with Gasteiger partial charge in [0.05, 0.1) is 0 Å². The Morgan fingerprint density at radius 3 is 2.76 bits per heavy atom. The Balaban J connectivity index is 2.18. The van der Waals surface area contributed by atoms with Gasteiger partial charge < -0.3 is 10.2 Å². The van der Waals surface area contributed by atoms with Crippen LogP contribution in [0.15, 0.2) is 6.07 Å². The zero-order valence-electron chi connectivity index (χ0n) is 11.0. The Labute approximate surface area is 103 Å². The second kappa shape index (κ2) is 5.34. The van der Waals surface area contributed by atoms with Gasteiger partial charge in [0.2, 0.25) is 0 Å². The number of unbranched alkanes of at least 4 members (excludes halogenated alkanes) is 1. The molecular formula is C13H22N4. The van der Waals surface area contributed by atoms with Gasteiger partial charge in [-0.05, 0) is 26.2 Å². The summed E-state index contributed by atoms with van der Waals surface area (Å²) in [7, 11) is 1.90. The molecule has 1 fully saturated rings. The lowest BCUT2D eigenvalue weighted by atomic mass is 10.3. The van der Waals surface area contributed by atoms with Crippen molar-refractivity contribution >= 4 is 11.6 Å². The molecule has 0 saturated heterocycles. The summed E-state index contributed by atoms with van der Waals surface area (Å²) < 4.78 is 0. The molecule has 1 saturated carbocycles. The van der Waals surface area contributed by atoms with E-state index in [0.29, 0.717) is 6.04 Å². The molecule has 0 bridgehead atoms. The molecule has 0 aromatic carbocycles. The number of anilines is 2. The van der Waals surface area contributed by atoms with Gasteiger partial charge in [-0.25, -0.2) is 9.97 Å². The number of aromatic nitrogens is 2. The Morgan fingerprint density at radius 1 is 1.41 bits per heavy atom. The highest BCUT2D eigenvalue weighted by Gasteiger charge is 2.29. The quantitative estimate of drug-likeness (QED) is 0.821. The van der Waals surface area contributed by atoms with E-state index in [9.17, 15) is 0 Å². The fourth-order valence-electron chi connectivity index (χ4n) is 2.03. The van der Waals surface area contributed by atoms with E-state index in [1.807, 2.05) is 14.0 Å². The normalized spacial score (nSPS) is 14.8. The third-order valence-corrected chi connectivity index (χ3v) is 3.12. The molecule has 0 radical (unpaired) electrons. The fourth-order valence-corrected chi connectivity index (χ4v) is 2.03. The molecule has 0 amide bonds. The number of nitrogens with one attached hydrogen (secondary N) is 1. The molecule has 0 spiro atoms. The first kappa shape index (κ1) is 12.1. The van der Waals surface area contributed by atoms with Gasteiger partial charge in [-0.2, -0.15) is 0 Å². The van der Waals surface area contributed by atoms with Crippen LogP contribution in [0.1, 0.15) is 38.4 Å². The van der Waals surface area contributed by atoms with E-state index in [2.05, 4.69) is 33.2 Å². The van der Waals surface area contributed by atoms with Crippen molar-refractivity contribution in [2.45, 2.75) is 45.6 Å². The first-order valence-corrected chi connectivity index (χ1v) is 6.54. The van der Waals surface area contributed by atoms with E-state index in [1.165, 1.54) is 25.7 Å². The van der Waals surface area contributed by atoms with Crippen molar-refractivity contribution in [3.63, 3.8) is 0 Å². The van der Waals surface area contributed by atoms with Crippen molar-refractivity contribution in [2.24, 2.45) is 0 Å². The molecule has 4 heteroatoms. The predicted octanol–water partition coefficient (Wildman–Crippen LogP) is 2.60. The van der Waals surface area contributed by atoms with Crippen LogP contribution in [0.4, 0.5) is 11.6 Å². The topological polar surface area (TPSA) is 41.0 Å². The second-order valence-electron chi connectivity index (χ2n) is 4.69. The molecule has 0 atom stereocenters. The standard InChI is InChI=1S/C13H22N4/c1-4-5-8-17(11-6-7-11)13-9-12(14-3)15-10(2)16-13/h9,11H,4-8H2,1-3H3,(H,14,15,16). The highest BCUT2D eigenvalue weighted by atomic mass is 15.2. The second-order valence-corrected chi connectivity index (χ2v) is 4.69. The Kier molecular flexibility index (Phi) is 3.82. The minimum absolute atomic E-state index is 0.709. The lowest BCUT2D eigenvalue weighted by molar-refractivity contribution is 0.702. The lowest BCUT2D eigenvalue weighted by Crippen LogP contribution is -2.28. The van der Waals surface area contributed by atoms with Gasteiger partial charge in [0.15, 0.2) is 0 Å². The molecule has 1 heterocycles. The Hall–Kier alpha value is -1.32. The number of hydrogen-bond acceptors (Lipinski definition) is 4. The summed E-state index contributed by atoms with van der Waals surface area (Å²) in [5.74, 6) is 2.83. The molecule has 94 valence electrons. The molecule has 1 aliphatic rings. The van der Waals surface area contributed by atoms with E-state index in [-0.39, 0.29) is 0 Å².